The molecule has 1 saturated heterocycles. The molecule has 3 rings (SSSR count). The topological polar surface area (TPSA) is 101 Å². The second-order valence-electron chi connectivity index (χ2n) is 7.10. The van der Waals surface area contributed by atoms with Crippen LogP contribution in [0.5, 0.6) is 0 Å². The van der Waals surface area contributed by atoms with Crippen LogP contribution in [0.25, 0.3) is 0 Å². The van der Waals surface area contributed by atoms with E-state index in [0.29, 0.717) is 18.7 Å². The zero-order valence-corrected chi connectivity index (χ0v) is 17.8. The minimum atomic E-state index is -3.99. The smallest absolute Gasteiger partial charge is 0.261 e. The maximum atomic E-state index is 13.0. The van der Waals surface area contributed by atoms with Gasteiger partial charge < -0.3 is 4.90 Å². The molecule has 29 heavy (non-hydrogen) atoms. The second kappa shape index (κ2) is 8.54. The van der Waals surface area contributed by atoms with Gasteiger partial charge >= 0.3 is 0 Å². The fourth-order valence-electron chi connectivity index (χ4n) is 3.27. The molecule has 2 aromatic carbocycles. The summed E-state index contributed by atoms with van der Waals surface area (Å²) in [5.74, 6) is -0.197. The van der Waals surface area contributed by atoms with Gasteiger partial charge in [-0.15, -0.1) is 0 Å². The van der Waals surface area contributed by atoms with E-state index in [0.717, 1.165) is 31.9 Å². The number of nitrogens with zero attached hydrogens (tertiary/aromatic N) is 1. The molecule has 0 atom stereocenters. The quantitative estimate of drug-likeness (QED) is 0.777. The summed E-state index contributed by atoms with van der Waals surface area (Å²) < 4.78 is 51.2. The Morgan fingerprint density at radius 1 is 0.828 bits per heavy atom. The summed E-state index contributed by atoms with van der Waals surface area (Å²) in [5.41, 5.74) is 0.500. The van der Waals surface area contributed by atoms with Gasteiger partial charge in [-0.3, -0.25) is 9.52 Å². The number of benzene rings is 2. The van der Waals surface area contributed by atoms with Crippen molar-refractivity contribution in [1.29, 1.82) is 0 Å². The molecule has 1 aliphatic rings. The standard InChI is InChI=1S/C20H24N2O5S2/c1-28(24,25)16-10-12-17(13-11-16)29(26,27)21-19-9-5-4-8-18(19)20(23)22-14-6-2-3-7-15-22/h4-5,8-13,21H,2-3,6-7,14-15H2,1H3. The van der Waals surface area contributed by atoms with Crippen LogP contribution < -0.4 is 4.72 Å². The van der Waals surface area contributed by atoms with Gasteiger partial charge in [-0.1, -0.05) is 25.0 Å². The number of sulfone groups is 1. The van der Waals surface area contributed by atoms with Gasteiger partial charge in [0, 0.05) is 19.3 Å². The summed E-state index contributed by atoms with van der Waals surface area (Å²) in [6.07, 6.45) is 5.10. The fraction of sp³-hybridized carbons (Fsp3) is 0.350. The van der Waals surface area contributed by atoms with Gasteiger partial charge in [0.05, 0.1) is 21.0 Å². The number of sulfonamides is 1. The van der Waals surface area contributed by atoms with Crippen LogP contribution in [0.1, 0.15) is 36.0 Å². The van der Waals surface area contributed by atoms with E-state index < -0.39 is 19.9 Å². The maximum absolute atomic E-state index is 13.0. The number of likely N-dealkylation sites (tertiary alicyclic amines) is 1. The minimum Gasteiger partial charge on any atom is -0.339 e. The zero-order valence-electron chi connectivity index (χ0n) is 16.2. The molecule has 0 aromatic heterocycles. The van der Waals surface area contributed by atoms with Gasteiger partial charge in [0.2, 0.25) is 0 Å². The lowest BCUT2D eigenvalue weighted by molar-refractivity contribution is 0.0762. The van der Waals surface area contributed by atoms with Gasteiger partial charge in [0.25, 0.3) is 15.9 Å². The second-order valence-corrected chi connectivity index (χ2v) is 10.8. The summed E-state index contributed by atoms with van der Waals surface area (Å²) in [4.78, 5) is 14.7. The Hall–Kier alpha value is -2.39. The van der Waals surface area contributed by atoms with Crippen molar-refractivity contribution in [3.63, 3.8) is 0 Å². The first-order valence-corrected chi connectivity index (χ1v) is 12.8. The van der Waals surface area contributed by atoms with Crippen molar-refractivity contribution >= 4 is 31.5 Å². The zero-order chi connectivity index (χ0) is 21.1. The molecule has 0 bridgehead atoms. The highest BCUT2D eigenvalue weighted by molar-refractivity contribution is 7.92. The number of hydrogen-bond donors (Lipinski definition) is 1. The van der Waals surface area contributed by atoms with E-state index in [1.165, 1.54) is 24.3 Å². The van der Waals surface area contributed by atoms with E-state index in [2.05, 4.69) is 4.72 Å². The maximum Gasteiger partial charge on any atom is 0.261 e. The molecule has 1 heterocycles. The van der Waals surface area contributed by atoms with Gasteiger partial charge in [-0.2, -0.15) is 0 Å². The molecule has 1 aliphatic heterocycles. The van der Waals surface area contributed by atoms with Crippen LogP contribution in [0.3, 0.4) is 0 Å². The first kappa shape index (κ1) is 21.3. The third kappa shape index (κ3) is 5.16. The van der Waals surface area contributed by atoms with E-state index in [4.69, 9.17) is 0 Å². The van der Waals surface area contributed by atoms with Crippen LogP contribution >= 0.6 is 0 Å². The summed E-state index contributed by atoms with van der Waals surface area (Å²) >= 11 is 0. The summed E-state index contributed by atoms with van der Waals surface area (Å²) in [6, 6.07) is 11.5. The Kier molecular flexibility index (Phi) is 6.28. The molecule has 0 saturated carbocycles. The van der Waals surface area contributed by atoms with E-state index in [-0.39, 0.29) is 21.4 Å². The molecule has 7 nitrogen and oxygen atoms in total. The number of rotatable bonds is 5. The molecule has 9 heteroatoms. The van der Waals surface area contributed by atoms with Crippen LogP contribution in [-0.4, -0.2) is 47.0 Å². The average Bonchev–Trinajstić information content (AvgIpc) is 2.96. The van der Waals surface area contributed by atoms with Crippen molar-refractivity contribution in [2.45, 2.75) is 35.5 Å². The highest BCUT2D eigenvalue weighted by Crippen LogP contribution is 2.23. The average molecular weight is 437 g/mol. The Bertz CT molecular complexity index is 1090. The number of carbonyl (C=O) groups is 1. The molecule has 0 unspecified atom stereocenters. The van der Waals surface area contributed by atoms with Crippen molar-refractivity contribution in [3.8, 4) is 0 Å². The van der Waals surface area contributed by atoms with Crippen molar-refractivity contribution in [1.82, 2.24) is 4.90 Å². The van der Waals surface area contributed by atoms with Gasteiger partial charge in [0.1, 0.15) is 0 Å². The number of nitrogens with one attached hydrogen (secondary N) is 1. The molecule has 2 aromatic rings. The van der Waals surface area contributed by atoms with E-state index in [9.17, 15) is 21.6 Å². The lowest BCUT2D eigenvalue weighted by Crippen LogP contribution is -2.32. The Balaban J connectivity index is 1.87. The number of amides is 1. The van der Waals surface area contributed by atoms with Crippen LogP contribution in [0.4, 0.5) is 5.69 Å². The van der Waals surface area contributed by atoms with Gasteiger partial charge in [-0.25, -0.2) is 16.8 Å². The van der Waals surface area contributed by atoms with Crippen molar-refractivity contribution < 1.29 is 21.6 Å². The molecule has 0 spiro atoms. The van der Waals surface area contributed by atoms with Crippen LogP contribution in [0.2, 0.25) is 0 Å². The Morgan fingerprint density at radius 2 is 1.38 bits per heavy atom. The molecule has 1 amide bonds. The number of anilines is 1. The molecule has 0 aliphatic carbocycles. The van der Waals surface area contributed by atoms with Crippen molar-refractivity contribution in [3.05, 3.63) is 54.1 Å². The van der Waals surface area contributed by atoms with Gasteiger partial charge in [0.15, 0.2) is 9.84 Å². The highest BCUT2D eigenvalue weighted by atomic mass is 32.2. The Morgan fingerprint density at radius 3 is 1.97 bits per heavy atom. The lowest BCUT2D eigenvalue weighted by Gasteiger charge is -2.22. The number of hydrogen-bond acceptors (Lipinski definition) is 5. The van der Waals surface area contributed by atoms with Gasteiger partial charge in [-0.05, 0) is 49.2 Å². The Labute approximate surface area is 171 Å². The minimum absolute atomic E-state index is 0.0354. The first-order valence-electron chi connectivity index (χ1n) is 9.40. The van der Waals surface area contributed by atoms with Crippen molar-refractivity contribution in [2.75, 3.05) is 24.1 Å². The predicted octanol–water partition coefficient (Wildman–Crippen LogP) is 2.91. The summed E-state index contributed by atoms with van der Waals surface area (Å²) in [6.45, 7) is 1.32. The molecule has 1 N–H and O–H groups in total. The van der Waals surface area contributed by atoms with E-state index in [1.54, 1.807) is 29.2 Å². The third-order valence-corrected chi connectivity index (χ3v) is 7.37. The summed E-state index contributed by atoms with van der Waals surface area (Å²) in [7, 11) is -7.41. The predicted molar refractivity (Wildman–Crippen MR) is 111 cm³/mol. The molecule has 0 radical (unpaired) electrons. The highest BCUT2D eigenvalue weighted by Gasteiger charge is 2.23. The van der Waals surface area contributed by atoms with Crippen LogP contribution in [0.15, 0.2) is 58.3 Å². The molecular weight excluding hydrogens is 412 g/mol. The first-order chi connectivity index (χ1) is 13.7. The third-order valence-electron chi connectivity index (χ3n) is 4.86. The molecule has 156 valence electrons. The van der Waals surface area contributed by atoms with E-state index in [1.807, 2.05) is 0 Å². The molecular formula is C20H24N2O5S2. The largest absolute Gasteiger partial charge is 0.339 e. The van der Waals surface area contributed by atoms with Crippen LogP contribution in [0, 0.1) is 0 Å². The normalized spacial score (nSPS) is 15.6. The SMILES string of the molecule is CS(=O)(=O)c1ccc(S(=O)(=O)Nc2ccccc2C(=O)N2CCCCCC2)cc1. The molecule has 1 fully saturated rings. The van der Waals surface area contributed by atoms with E-state index >= 15 is 0 Å². The van der Waals surface area contributed by atoms with Crippen molar-refractivity contribution in [2.24, 2.45) is 0 Å². The summed E-state index contributed by atoms with van der Waals surface area (Å²) in [5, 5.41) is 0. The monoisotopic (exact) mass is 436 g/mol. The van der Waals surface area contributed by atoms with Crippen LogP contribution in [-0.2, 0) is 19.9 Å². The number of carbonyl (C=O) groups excluding carboxylic acids is 1. The lowest BCUT2D eigenvalue weighted by atomic mass is 10.1. The number of para-hydroxylation sites is 1. The fourth-order valence-corrected chi connectivity index (χ4v) is 4.98.